The normalized spacial score (nSPS) is 16.1. The van der Waals surface area contributed by atoms with Crippen LogP contribution in [0.4, 0.5) is 0 Å². The number of benzene rings is 1. The van der Waals surface area contributed by atoms with Gasteiger partial charge in [0, 0.05) is 24.3 Å². The summed E-state index contributed by atoms with van der Waals surface area (Å²) < 4.78 is 0. The monoisotopic (exact) mass is 337 g/mol. The van der Waals surface area contributed by atoms with E-state index in [4.69, 9.17) is 0 Å². The zero-order valence-corrected chi connectivity index (χ0v) is 13.7. The number of rotatable bonds is 4. The van der Waals surface area contributed by atoms with Gasteiger partial charge >= 0.3 is 0 Å². The number of aromatic amines is 1. The van der Waals surface area contributed by atoms with Gasteiger partial charge in [-0.05, 0) is 54.5 Å². The van der Waals surface area contributed by atoms with Gasteiger partial charge in [0.2, 0.25) is 0 Å². The molecule has 6 nitrogen and oxygen atoms in total. The second-order valence-corrected chi connectivity index (χ2v) is 6.61. The Kier molecular flexibility index (Phi) is 3.87. The van der Waals surface area contributed by atoms with Gasteiger partial charge in [0.15, 0.2) is 0 Å². The zero-order valence-electron chi connectivity index (χ0n) is 13.7. The fourth-order valence-corrected chi connectivity index (χ4v) is 3.15. The Bertz CT molecular complexity index is 912. The van der Waals surface area contributed by atoms with Crippen LogP contribution >= 0.6 is 0 Å². The molecule has 1 aromatic carbocycles. The summed E-state index contributed by atoms with van der Waals surface area (Å²) >= 11 is 0. The predicted molar refractivity (Wildman–Crippen MR) is 92.7 cm³/mol. The number of pyridine rings is 1. The van der Waals surface area contributed by atoms with E-state index in [2.05, 4.69) is 15.6 Å². The lowest BCUT2D eigenvalue weighted by atomic mass is 9.98. The molecule has 0 spiro atoms. The molecular formula is C19H19N3O3. The summed E-state index contributed by atoms with van der Waals surface area (Å²) in [6.45, 7) is 0.921. The first-order valence-electron chi connectivity index (χ1n) is 8.53. The quantitative estimate of drug-likeness (QED) is 0.789. The highest BCUT2D eigenvalue weighted by Crippen LogP contribution is 2.38. The van der Waals surface area contributed by atoms with Crippen LogP contribution in [0, 0.1) is 0 Å². The molecule has 2 heterocycles. The number of H-pyrrole nitrogens is 1. The van der Waals surface area contributed by atoms with Gasteiger partial charge in [0.05, 0.1) is 0 Å². The van der Waals surface area contributed by atoms with Gasteiger partial charge < -0.3 is 15.6 Å². The van der Waals surface area contributed by atoms with E-state index in [9.17, 15) is 14.4 Å². The summed E-state index contributed by atoms with van der Waals surface area (Å²) in [5.74, 6) is -0.0567. The molecule has 1 aliphatic carbocycles. The summed E-state index contributed by atoms with van der Waals surface area (Å²) in [6.07, 6.45) is 3.00. The summed E-state index contributed by atoms with van der Waals surface area (Å²) in [7, 11) is 0. The molecule has 0 saturated heterocycles. The van der Waals surface area contributed by atoms with E-state index in [1.54, 1.807) is 12.1 Å². The first-order valence-corrected chi connectivity index (χ1v) is 8.53. The Morgan fingerprint density at radius 2 is 2.00 bits per heavy atom. The second-order valence-electron chi connectivity index (χ2n) is 6.61. The SMILES string of the molecule is O=C1NCCc2ccc(CNC(=O)c3ccc(C4CC4)[nH]c3=O)cc21. The fraction of sp³-hybridized carbons (Fsp3) is 0.316. The van der Waals surface area contributed by atoms with Crippen LogP contribution in [0.25, 0.3) is 0 Å². The maximum atomic E-state index is 12.3. The van der Waals surface area contributed by atoms with E-state index >= 15 is 0 Å². The topological polar surface area (TPSA) is 91.1 Å². The predicted octanol–water partition coefficient (Wildman–Crippen LogP) is 1.47. The molecule has 1 aliphatic heterocycles. The number of carbonyl (C=O) groups is 2. The second kappa shape index (κ2) is 6.20. The van der Waals surface area contributed by atoms with Crippen LogP contribution in [-0.4, -0.2) is 23.3 Å². The Morgan fingerprint density at radius 3 is 2.76 bits per heavy atom. The molecule has 0 bridgehead atoms. The minimum absolute atomic E-state index is 0.0819. The molecule has 128 valence electrons. The van der Waals surface area contributed by atoms with Crippen LogP contribution in [0.1, 0.15) is 56.3 Å². The van der Waals surface area contributed by atoms with Crippen LogP contribution in [0.3, 0.4) is 0 Å². The molecule has 0 radical (unpaired) electrons. The van der Waals surface area contributed by atoms with Crippen molar-refractivity contribution in [2.24, 2.45) is 0 Å². The van der Waals surface area contributed by atoms with Gasteiger partial charge in [-0.1, -0.05) is 12.1 Å². The Hall–Kier alpha value is -2.89. The third-order valence-electron chi connectivity index (χ3n) is 4.75. The van der Waals surface area contributed by atoms with Crippen molar-refractivity contribution < 1.29 is 9.59 Å². The average Bonchev–Trinajstić information content (AvgIpc) is 3.45. The van der Waals surface area contributed by atoms with E-state index < -0.39 is 5.91 Å². The molecule has 1 fully saturated rings. The molecule has 6 heteroatoms. The van der Waals surface area contributed by atoms with Crippen molar-refractivity contribution in [3.63, 3.8) is 0 Å². The van der Waals surface area contributed by atoms with Crippen LogP contribution in [0.2, 0.25) is 0 Å². The molecule has 3 N–H and O–H groups in total. The van der Waals surface area contributed by atoms with Gasteiger partial charge in [-0.2, -0.15) is 0 Å². The minimum Gasteiger partial charge on any atom is -0.352 e. The van der Waals surface area contributed by atoms with E-state index in [0.29, 0.717) is 18.0 Å². The van der Waals surface area contributed by atoms with Gasteiger partial charge in [-0.3, -0.25) is 14.4 Å². The van der Waals surface area contributed by atoms with Gasteiger partial charge in [0.25, 0.3) is 17.4 Å². The highest BCUT2D eigenvalue weighted by atomic mass is 16.2. The first-order chi connectivity index (χ1) is 12.1. The van der Waals surface area contributed by atoms with Crippen molar-refractivity contribution in [1.82, 2.24) is 15.6 Å². The highest BCUT2D eigenvalue weighted by molar-refractivity contribution is 5.97. The van der Waals surface area contributed by atoms with Crippen molar-refractivity contribution in [3.05, 3.63) is 68.6 Å². The summed E-state index contributed by atoms with van der Waals surface area (Å²) in [5.41, 5.74) is 3.17. The Morgan fingerprint density at radius 1 is 1.16 bits per heavy atom. The molecular weight excluding hydrogens is 318 g/mol. The standard InChI is InChI=1S/C19H19N3O3/c23-17(14-5-6-16(13-3-4-13)22-19(14)25)21-10-11-1-2-12-7-8-20-18(24)15(12)9-11/h1-2,5-6,9,13H,3-4,7-8,10H2,(H,20,24)(H,21,23)(H,22,25). The first kappa shape index (κ1) is 15.6. The third-order valence-corrected chi connectivity index (χ3v) is 4.75. The summed E-state index contributed by atoms with van der Waals surface area (Å²) in [5, 5.41) is 5.56. The van der Waals surface area contributed by atoms with Gasteiger partial charge in [0.1, 0.15) is 5.56 Å². The van der Waals surface area contributed by atoms with Crippen molar-refractivity contribution in [2.45, 2.75) is 31.7 Å². The summed E-state index contributed by atoms with van der Waals surface area (Å²) in [6, 6.07) is 9.02. The Balaban J connectivity index is 1.46. The molecule has 0 unspecified atom stereocenters. The minimum atomic E-state index is -0.411. The largest absolute Gasteiger partial charge is 0.352 e. The van der Waals surface area contributed by atoms with Crippen LogP contribution in [-0.2, 0) is 13.0 Å². The molecule has 25 heavy (non-hydrogen) atoms. The molecule has 0 atom stereocenters. The van der Waals surface area contributed by atoms with E-state index in [1.165, 1.54) is 0 Å². The number of amides is 2. The maximum Gasteiger partial charge on any atom is 0.261 e. The van der Waals surface area contributed by atoms with Crippen molar-refractivity contribution in [2.75, 3.05) is 6.54 Å². The van der Waals surface area contributed by atoms with Crippen LogP contribution in [0.15, 0.2) is 35.1 Å². The number of aromatic nitrogens is 1. The number of fused-ring (bicyclic) bond motifs is 1. The smallest absolute Gasteiger partial charge is 0.261 e. The lowest BCUT2D eigenvalue weighted by molar-refractivity contribution is 0.0941. The fourth-order valence-electron chi connectivity index (χ4n) is 3.15. The molecule has 2 aliphatic rings. The van der Waals surface area contributed by atoms with Crippen molar-refractivity contribution in [1.29, 1.82) is 0 Å². The Labute approximate surface area is 144 Å². The van der Waals surface area contributed by atoms with Gasteiger partial charge in [-0.15, -0.1) is 0 Å². The molecule has 1 saturated carbocycles. The van der Waals surface area contributed by atoms with Crippen LogP contribution < -0.4 is 16.2 Å². The zero-order chi connectivity index (χ0) is 17.4. The van der Waals surface area contributed by atoms with Crippen molar-refractivity contribution in [3.8, 4) is 0 Å². The number of nitrogens with one attached hydrogen (secondary N) is 3. The number of hydrogen-bond donors (Lipinski definition) is 3. The molecule has 2 amide bonds. The molecule has 2 aromatic rings. The van der Waals surface area contributed by atoms with E-state index in [1.807, 2.05) is 18.2 Å². The highest BCUT2D eigenvalue weighted by Gasteiger charge is 2.25. The number of hydrogen-bond acceptors (Lipinski definition) is 3. The number of carbonyl (C=O) groups excluding carboxylic acids is 2. The summed E-state index contributed by atoms with van der Waals surface area (Å²) in [4.78, 5) is 39.1. The van der Waals surface area contributed by atoms with E-state index in [0.717, 1.165) is 36.1 Å². The third kappa shape index (κ3) is 3.20. The van der Waals surface area contributed by atoms with Crippen LogP contribution in [0.5, 0.6) is 0 Å². The van der Waals surface area contributed by atoms with Crippen molar-refractivity contribution >= 4 is 11.8 Å². The molecule has 1 aromatic heterocycles. The van der Waals surface area contributed by atoms with E-state index in [-0.39, 0.29) is 23.6 Å². The van der Waals surface area contributed by atoms with Gasteiger partial charge in [-0.25, -0.2) is 0 Å². The maximum absolute atomic E-state index is 12.3. The lowest BCUT2D eigenvalue weighted by Gasteiger charge is -2.17. The lowest BCUT2D eigenvalue weighted by Crippen LogP contribution is -2.32. The average molecular weight is 337 g/mol. The molecule has 4 rings (SSSR count).